The number of ether oxygens (including phenoxy) is 1. The average Bonchev–Trinajstić information content (AvgIpc) is 3.62. The zero-order valence-corrected chi connectivity index (χ0v) is 36.2. The van der Waals surface area contributed by atoms with Gasteiger partial charge in [-0.3, -0.25) is 9.47 Å². The van der Waals surface area contributed by atoms with Crippen molar-refractivity contribution in [1.29, 1.82) is 0 Å². The summed E-state index contributed by atoms with van der Waals surface area (Å²) in [7, 11) is 0. The van der Waals surface area contributed by atoms with Gasteiger partial charge in [0.1, 0.15) is 24.0 Å². The molecule has 0 unspecified atom stereocenters. The number of benzene rings is 5. The van der Waals surface area contributed by atoms with Crippen molar-refractivity contribution in [1.82, 2.24) is 14.1 Å². The van der Waals surface area contributed by atoms with E-state index in [1.807, 2.05) is 43.4 Å². The van der Waals surface area contributed by atoms with Gasteiger partial charge >= 0.3 is 0 Å². The molecule has 1 aliphatic carbocycles. The van der Waals surface area contributed by atoms with Gasteiger partial charge in [0.25, 0.3) is 0 Å². The van der Waals surface area contributed by atoms with E-state index < -0.39 is 0 Å². The Morgan fingerprint density at radius 3 is 2.44 bits per heavy atom. The van der Waals surface area contributed by atoms with Gasteiger partial charge in [-0.25, -0.2) is 4.98 Å². The Morgan fingerprint density at radius 2 is 1.59 bits per heavy atom. The zero-order valence-electron chi connectivity index (χ0n) is 36.2. The van der Waals surface area contributed by atoms with Gasteiger partial charge in [0.15, 0.2) is 0 Å². The quantitative estimate of drug-likeness (QED) is 0.102. The molecule has 5 heteroatoms. The van der Waals surface area contributed by atoms with Crippen LogP contribution in [0.3, 0.4) is 0 Å². The van der Waals surface area contributed by atoms with Crippen molar-refractivity contribution in [3.05, 3.63) is 234 Å². The van der Waals surface area contributed by atoms with Gasteiger partial charge in [-0.05, 0) is 109 Å². The Balaban J connectivity index is 1.24. The Kier molecular flexibility index (Phi) is 10.9. The summed E-state index contributed by atoms with van der Waals surface area (Å²) >= 11 is 0. The van der Waals surface area contributed by atoms with Crippen molar-refractivity contribution in [3.8, 4) is 23.8 Å². The zero-order chi connectivity index (χ0) is 43.6. The third-order valence-electron chi connectivity index (χ3n) is 12.2. The molecular formula is C59H48N4O. The molecule has 3 aromatic heterocycles. The maximum atomic E-state index is 6.45. The number of aryl methyl sites for hydroxylation is 1. The predicted molar refractivity (Wildman–Crippen MR) is 268 cm³/mol. The minimum atomic E-state index is 0.481. The molecule has 0 radical (unpaired) electrons. The van der Waals surface area contributed by atoms with Crippen LogP contribution in [0.4, 0.5) is 11.5 Å². The molecule has 0 bridgehead atoms. The molecule has 10 rings (SSSR count). The molecular weight excluding hydrogens is 781 g/mol. The van der Waals surface area contributed by atoms with Gasteiger partial charge in [-0.1, -0.05) is 141 Å². The normalized spacial score (nSPS) is 14.0. The van der Waals surface area contributed by atoms with E-state index >= 15 is 0 Å². The number of terminal acetylenes is 1. The first-order chi connectivity index (χ1) is 31.6. The number of hydrogen-bond donors (Lipinski definition) is 0. The van der Waals surface area contributed by atoms with Crippen LogP contribution in [0.5, 0.6) is 0 Å². The lowest BCUT2D eigenvalue weighted by Crippen LogP contribution is -2.19. The molecule has 2 aliphatic rings. The van der Waals surface area contributed by atoms with E-state index in [0.29, 0.717) is 13.0 Å². The molecule has 1 aliphatic heterocycles. The molecule has 0 spiro atoms. The lowest BCUT2D eigenvalue weighted by molar-refractivity contribution is 0.210. The number of aromatic nitrogens is 3. The van der Waals surface area contributed by atoms with Crippen LogP contribution in [0.1, 0.15) is 53.8 Å². The SMILES string of the molecule is C#C/C(=C\C=C/C)c1cc(Cc2ccccc2)cc(-n2c(/C=C\C=C)c(CC)c3cc4c5ccccc5n(-c5cccc(N6C7=C(C=CC=CC7)OCc7ccccc76)n5)c4cc32)c1. The maximum Gasteiger partial charge on any atom is 0.140 e. The number of para-hydroxylation sites is 2. The summed E-state index contributed by atoms with van der Waals surface area (Å²) in [6.07, 6.45) is 29.0. The minimum Gasteiger partial charge on any atom is -0.487 e. The van der Waals surface area contributed by atoms with Crippen molar-refractivity contribution < 1.29 is 4.74 Å². The summed E-state index contributed by atoms with van der Waals surface area (Å²) in [4.78, 5) is 7.83. The van der Waals surface area contributed by atoms with Crippen molar-refractivity contribution >= 4 is 55.9 Å². The third kappa shape index (κ3) is 7.19. The first kappa shape index (κ1) is 40.0. The molecule has 310 valence electrons. The van der Waals surface area contributed by atoms with Crippen LogP contribution < -0.4 is 4.90 Å². The number of nitrogens with zero attached hydrogens (tertiary/aromatic N) is 4. The number of anilines is 2. The van der Waals surface area contributed by atoms with Gasteiger partial charge in [0, 0.05) is 39.4 Å². The Labute approximate surface area is 375 Å². The van der Waals surface area contributed by atoms with Gasteiger partial charge in [-0.15, -0.1) is 6.42 Å². The Morgan fingerprint density at radius 1 is 0.781 bits per heavy atom. The number of hydrogen-bond acceptors (Lipinski definition) is 3. The van der Waals surface area contributed by atoms with E-state index in [1.165, 1.54) is 32.8 Å². The lowest BCUT2D eigenvalue weighted by atomic mass is 9.97. The summed E-state index contributed by atoms with van der Waals surface area (Å²) in [5.41, 5.74) is 14.1. The molecule has 0 amide bonds. The van der Waals surface area contributed by atoms with Crippen LogP contribution in [0.2, 0.25) is 0 Å². The number of allylic oxidation sites excluding steroid dienone is 10. The van der Waals surface area contributed by atoms with Crippen molar-refractivity contribution in [2.24, 2.45) is 0 Å². The molecule has 0 N–H and O–H groups in total. The first-order valence-electron chi connectivity index (χ1n) is 22.0. The van der Waals surface area contributed by atoms with Gasteiger partial charge < -0.3 is 9.30 Å². The largest absolute Gasteiger partial charge is 0.487 e. The van der Waals surface area contributed by atoms with Crippen LogP contribution in [0, 0.1) is 12.3 Å². The second-order valence-electron chi connectivity index (χ2n) is 16.1. The number of fused-ring (bicyclic) bond motifs is 5. The van der Waals surface area contributed by atoms with Crippen LogP contribution in [0.15, 0.2) is 200 Å². The number of pyridine rings is 1. The van der Waals surface area contributed by atoms with Gasteiger partial charge in [0.05, 0.1) is 33.6 Å². The highest BCUT2D eigenvalue weighted by molar-refractivity contribution is 6.14. The van der Waals surface area contributed by atoms with E-state index in [1.54, 1.807) is 0 Å². The van der Waals surface area contributed by atoms with Crippen molar-refractivity contribution in [3.63, 3.8) is 0 Å². The minimum absolute atomic E-state index is 0.481. The Bertz CT molecular complexity index is 3360. The molecule has 0 fully saturated rings. The second kappa shape index (κ2) is 17.4. The fourth-order valence-electron chi connectivity index (χ4n) is 9.38. The predicted octanol–water partition coefficient (Wildman–Crippen LogP) is 14.5. The van der Waals surface area contributed by atoms with E-state index in [4.69, 9.17) is 16.1 Å². The molecule has 5 aromatic carbocycles. The van der Waals surface area contributed by atoms with Crippen LogP contribution in [-0.2, 0) is 24.2 Å². The molecule has 4 heterocycles. The summed E-state index contributed by atoms with van der Waals surface area (Å²) in [5, 5.41) is 3.54. The topological polar surface area (TPSA) is 35.2 Å². The standard InChI is InChI=1S/C59H48N4O/c1-5-9-24-43(7-3)45-35-42(34-41-22-13-11-14-23-41)36-46(37-45)61-52(27-10-6-2)47(8-4)49-38-50-48-26-18-20-29-53(48)63(56(50)39-55(49)61)59-33-21-32-58(60-59)62-51-28-19-17-25-44(51)40-64-57-31-16-12-15-30-54(57)62/h3,5-6,9-29,31-33,35-39H,2,8,30,34,40H2,1,4H3/b9-5-,27-10-,43-24+. The van der Waals surface area contributed by atoms with Crippen LogP contribution >= 0.6 is 0 Å². The van der Waals surface area contributed by atoms with E-state index in [9.17, 15) is 0 Å². The number of rotatable bonds is 10. The molecule has 0 saturated carbocycles. The molecule has 5 nitrogen and oxygen atoms in total. The average molecular weight is 829 g/mol. The van der Waals surface area contributed by atoms with Crippen LogP contribution in [-0.4, -0.2) is 14.1 Å². The van der Waals surface area contributed by atoms with Gasteiger partial charge in [0.2, 0.25) is 0 Å². The second-order valence-corrected chi connectivity index (χ2v) is 16.1. The van der Waals surface area contributed by atoms with Gasteiger partial charge in [-0.2, -0.15) is 0 Å². The molecule has 0 saturated heterocycles. The third-order valence-corrected chi connectivity index (χ3v) is 12.2. The highest BCUT2D eigenvalue weighted by atomic mass is 16.5. The Hall–Kier alpha value is -8.07. The highest BCUT2D eigenvalue weighted by Crippen LogP contribution is 2.42. The fourth-order valence-corrected chi connectivity index (χ4v) is 9.38. The summed E-state index contributed by atoms with van der Waals surface area (Å²) < 4.78 is 11.2. The summed E-state index contributed by atoms with van der Waals surface area (Å²) in [6.45, 7) is 8.80. The van der Waals surface area contributed by atoms with E-state index in [-0.39, 0.29) is 0 Å². The molecule has 64 heavy (non-hydrogen) atoms. The first-order valence-corrected chi connectivity index (χ1v) is 22.0. The van der Waals surface area contributed by atoms with Crippen molar-refractivity contribution in [2.75, 3.05) is 4.90 Å². The smallest absolute Gasteiger partial charge is 0.140 e. The fraction of sp³-hybridized carbons (Fsp3) is 0.102. The van der Waals surface area contributed by atoms with Crippen molar-refractivity contribution in [2.45, 2.75) is 39.7 Å². The molecule has 8 aromatic rings. The maximum absolute atomic E-state index is 6.45. The van der Waals surface area contributed by atoms with E-state index in [0.717, 1.165) is 86.3 Å². The van der Waals surface area contributed by atoms with E-state index in [2.05, 4.69) is 185 Å². The highest BCUT2D eigenvalue weighted by Gasteiger charge is 2.27. The summed E-state index contributed by atoms with van der Waals surface area (Å²) in [5.74, 6) is 5.49. The summed E-state index contributed by atoms with van der Waals surface area (Å²) in [6, 6.07) is 45.7. The van der Waals surface area contributed by atoms with Crippen LogP contribution in [0.25, 0.3) is 55.9 Å². The monoisotopic (exact) mass is 828 g/mol. The lowest BCUT2D eigenvalue weighted by Gasteiger charge is -2.27. The molecule has 0 atom stereocenters.